The molecule has 0 spiro atoms. The van der Waals surface area contributed by atoms with Gasteiger partial charge in [0.1, 0.15) is 10.3 Å². The summed E-state index contributed by atoms with van der Waals surface area (Å²) in [7, 11) is -0.595. The van der Waals surface area contributed by atoms with Gasteiger partial charge in [0.15, 0.2) is 0 Å². The highest BCUT2D eigenvalue weighted by molar-refractivity contribution is 7.91. The van der Waals surface area contributed by atoms with Gasteiger partial charge in [-0.3, -0.25) is 14.4 Å². The van der Waals surface area contributed by atoms with Crippen LogP contribution in [0, 0.1) is 0 Å². The summed E-state index contributed by atoms with van der Waals surface area (Å²) in [5.41, 5.74) is 1.20. The van der Waals surface area contributed by atoms with Crippen molar-refractivity contribution in [2.24, 2.45) is 0 Å². The second-order valence-electron chi connectivity index (χ2n) is 7.94. The van der Waals surface area contributed by atoms with Crippen LogP contribution in [-0.2, 0) is 26.2 Å². The Morgan fingerprint density at radius 1 is 1.12 bits per heavy atom. The van der Waals surface area contributed by atoms with Crippen molar-refractivity contribution in [3.63, 3.8) is 0 Å². The number of hydrogen-bond donors (Lipinski definition) is 2. The average Bonchev–Trinajstić information content (AvgIpc) is 3.40. The van der Waals surface area contributed by atoms with Gasteiger partial charge in [-0.05, 0) is 36.6 Å². The van der Waals surface area contributed by atoms with E-state index in [2.05, 4.69) is 10.6 Å². The van der Waals surface area contributed by atoms with Crippen molar-refractivity contribution in [2.75, 3.05) is 20.6 Å². The van der Waals surface area contributed by atoms with E-state index in [0.717, 1.165) is 28.5 Å². The van der Waals surface area contributed by atoms with Gasteiger partial charge in [-0.25, -0.2) is 12.7 Å². The zero-order valence-electron chi connectivity index (χ0n) is 17.7. The lowest BCUT2D eigenvalue weighted by atomic mass is 10.0. The first kappa shape index (κ1) is 22.4. The Morgan fingerprint density at radius 2 is 1.84 bits per heavy atom. The first-order valence-electron chi connectivity index (χ1n) is 10.2. The van der Waals surface area contributed by atoms with E-state index in [1.165, 1.54) is 20.2 Å². The topological polar surface area (TPSA) is 116 Å². The van der Waals surface area contributed by atoms with Crippen molar-refractivity contribution >= 4 is 39.1 Å². The first-order valence-corrected chi connectivity index (χ1v) is 12.4. The highest BCUT2D eigenvalue weighted by Crippen LogP contribution is 2.41. The van der Waals surface area contributed by atoms with E-state index in [9.17, 15) is 22.8 Å². The van der Waals surface area contributed by atoms with Gasteiger partial charge in [0, 0.05) is 30.6 Å². The molecule has 0 saturated heterocycles. The second-order valence-corrected chi connectivity index (χ2v) is 11.5. The third-order valence-electron chi connectivity index (χ3n) is 5.44. The summed E-state index contributed by atoms with van der Waals surface area (Å²) in [4.78, 5) is 40.2. The molecule has 170 valence electrons. The van der Waals surface area contributed by atoms with Crippen LogP contribution in [0.3, 0.4) is 0 Å². The number of nitrogens with zero attached hydrogens (tertiary/aromatic N) is 2. The van der Waals surface area contributed by atoms with Crippen molar-refractivity contribution in [1.29, 1.82) is 0 Å². The molecule has 1 fully saturated rings. The molecule has 1 aromatic carbocycles. The van der Waals surface area contributed by atoms with E-state index in [0.29, 0.717) is 16.0 Å². The predicted octanol–water partition coefficient (Wildman–Crippen LogP) is 1.09. The van der Waals surface area contributed by atoms with Gasteiger partial charge < -0.3 is 15.5 Å². The fourth-order valence-electron chi connectivity index (χ4n) is 3.62. The van der Waals surface area contributed by atoms with E-state index in [4.69, 9.17) is 0 Å². The third kappa shape index (κ3) is 4.27. The molecule has 0 bridgehead atoms. The third-order valence-corrected chi connectivity index (χ3v) is 8.81. The number of sulfonamides is 1. The molecule has 1 unspecified atom stereocenters. The minimum absolute atomic E-state index is 0.0611. The molecule has 1 saturated carbocycles. The Balaban J connectivity index is 1.34. The minimum Gasteiger partial charge on any atom is -0.350 e. The number of benzene rings is 1. The zero-order valence-corrected chi connectivity index (χ0v) is 19.3. The summed E-state index contributed by atoms with van der Waals surface area (Å²) in [6, 6.07) is 9.55. The lowest BCUT2D eigenvalue weighted by Gasteiger charge is -2.24. The Hall–Kier alpha value is -2.76. The van der Waals surface area contributed by atoms with Crippen molar-refractivity contribution in [3.8, 4) is 0 Å². The predicted molar refractivity (Wildman–Crippen MR) is 118 cm³/mol. The van der Waals surface area contributed by atoms with E-state index < -0.39 is 22.0 Å². The summed E-state index contributed by atoms with van der Waals surface area (Å²) in [6.07, 6.45) is 1.74. The first-order chi connectivity index (χ1) is 15.2. The molecule has 4 rings (SSSR count). The fraction of sp³-hybridized carbons (Fsp3) is 0.381. The van der Waals surface area contributed by atoms with Gasteiger partial charge in [-0.2, -0.15) is 0 Å². The van der Waals surface area contributed by atoms with E-state index in [-0.39, 0.29) is 35.2 Å². The maximum absolute atomic E-state index is 12.9. The largest absolute Gasteiger partial charge is 0.350 e. The van der Waals surface area contributed by atoms with Crippen molar-refractivity contribution in [3.05, 3.63) is 52.4 Å². The van der Waals surface area contributed by atoms with Crippen LogP contribution in [0.5, 0.6) is 0 Å². The summed E-state index contributed by atoms with van der Waals surface area (Å²) in [5, 5.41) is 5.32. The number of fused-ring (bicyclic) bond motifs is 1. The number of hydrogen-bond acceptors (Lipinski definition) is 6. The van der Waals surface area contributed by atoms with Gasteiger partial charge in [-0.1, -0.05) is 18.2 Å². The van der Waals surface area contributed by atoms with E-state index in [1.807, 2.05) is 0 Å². The molecule has 0 radical (unpaired) electrons. The van der Waals surface area contributed by atoms with Crippen LogP contribution in [0.25, 0.3) is 0 Å². The Morgan fingerprint density at radius 3 is 2.53 bits per heavy atom. The standard InChI is InChI=1S/C21H24N4O5S2/c1-24(2)32(29,30)18-10-9-14(31-18)11-22-17(26)12-23-20(27)19-15-5-3-4-6-16(15)21(28)25(19)13-7-8-13/h3-6,9-10,13,19H,7-8,11-12H2,1-2H3,(H,22,26)(H,23,27). The highest BCUT2D eigenvalue weighted by atomic mass is 32.2. The molecule has 32 heavy (non-hydrogen) atoms. The van der Waals surface area contributed by atoms with Gasteiger partial charge >= 0.3 is 0 Å². The van der Waals surface area contributed by atoms with Crippen LogP contribution in [0.15, 0.2) is 40.6 Å². The van der Waals surface area contributed by atoms with Gasteiger partial charge in [0.05, 0.1) is 13.1 Å². The second kappa shape index (κ2) is 8.64. The number of rotatable bonds is 8. The molecular weight excluding hydrogens is 452 g/mol. The highest BCUT2D eigenvalue weighted by Gasteiger charge is 2.47. The molecule has 2 N–H and O–H groups in total. The molecule has 3 amide bonds. The van der Waals surface area contributed by atoms with Crippen LogP contribution < -0.4 is 10.6 Å². The Labute approximate surface area is 190 Å². The summed E-state index contributed by atoms with van der Waals surface area (Å²) >= 11 is 1.08. The zero-order chi connectivity index (χ0) is 23.0. The minimum atomic E-state index is -3.51. The van der Waals surface area contributed by atoms with Crippen LogP contribution >= 0.6 is 11.3 Å². The number of nitrogens with one attached hydrogen (secondary N) is 2. The van der Waals surface area contributed by atoms with Gasteiger partial charge in [0.2, 0.25) is 11.8 Å². The van der Waals surface area contributed by atoms with Crippen LogP contribution in [0.2, 0.25) is 0 Å². The van der Waals surface area contributed by atoms with Crippen LogP contribution in [-0.4, -0.2) is 62.0 Å². The quantitative estimate of drug-likeness (QED) is 0.592. The fourth-order valence-corrected chi connectivity index (χ4v) is 6.08. The number of carbonyl (C=O) groups excluding carboxylic acids is 3. The molecule has 11 heteroatoms. The molecule has 1 atom stereocenters. The molecule has 2 aromatic rings. The monoisotopic (exact) mass is 476 g/mol. The SMILES string of the molecule is CN(C)S(=O)(=O)c1ccc(CNC(=O)CNC(=O)C2c3ccccc3C(=O)N2C2CC2)s1. The molecule has 1 aromatic heterocycles. The number of amides is 3. The Bertz CT molecular complexity index is 1170. The van der Waals surface area contributed by atoms with Gasteiger partial charge in [-0.15, -0.1) is 11.3 Å². The Kier molecular flexibility index (Phi) is 6.06. The average molecular weight is 477 g/mol. The molecule has 2 heterocycles. The molecule has 2 aliphatic rings. The van der Waals surface area contributed by atoms with Crippen LogP contribution in [0.1, 0.15) is 39.7 Å². The van der Waals surface area contributed by atoms with Gasteiger partial charge in [0.25, 0.3) is 15.9 Å². The summed E-state index contributed by atoms with van der Waals surface area (Å²) < 4.78 is 25.6. The van der Waals surface area contributed by atoms with E-state index in [1.54, 1.807) is 35.2 Å². The van der Waals surface area contributed by atoms with Crippen molar-refractivity contribution in [1.82, 2.24) is 19.8 Å². The molecular formula is C21H24N4O5S2. The van der Waals surface area contributed by atoms with Crippen molar-refractivity contribution in [2.45, 2.75) is 35.7 Å². The van der Waals surface area contributed by atoms with E-state index >= 15 is 0 Å². The maximum Gasteiger partial charge on any atom is 0.255 e. The van der Waals surface area contributed by atoms with Crippen molar-refractivity contribution < 1.29 is 22.8 Å². The lowest BCUT2D eigenvalue weighted by Crippen LogP contribution is -2.43. The van der Waals surface area contributed by atoms with Crippen LogP contribution in [0.4, 0.5) is 0 Å². The lowest BCUT2D eigenvalue weighted by molar-refractivity contribution is -0.129. The maximum atomic E-state index is 12.9. The number of carbonyl (C=O) groups is 3. The molecule has 1 aliphatic carbocycles. The summed E-state index contributed by atoms with van der Waals surface area (Å²) in [5.74, 6) is -0.936. The smallest absolute Gasteiger partial charge is 0.255 e. The molecule has 9 nitrogen and oxygen atoms in total. The number of thiophene rings is 1. The molecule has 1 aliphatic heterocycles. The summed E-state index contributed by atoms with van der Waals surface area (Å²) in [6.45, 7) is -0.0836. The normalized spacial score (nSPS) is 18.0.